The highest BCUT2D eigenvalue weighted by Crippen LogP contribution is 2.34. The first-order chi connectivity index (χ1) is 14.5. The second-order valence-electron chi connectivity index (χ2n) is 8.32. The number of hydrogen-bond acceptors (Lipinski definition) is 2. The summed E-state index contributed by atoms with van der Waals surface area (Å²) in [6.07, 6.45) is 2.45. The van der Waals surface area contributed by atoms with Crippen LogP contribution in [0.15, 0.2) is 54.6 Å². The highest BCUT2D eigenvalue weighted by molar-refractivity contribution is 5.81. The average Bonchev–Trinajstić information content (AvgIpc) is 2.77. The maximum atomic E-state index is 13.2. The van der Waals surface area contributed by atoms with Crippen LogP contribution in [0, 0.1) is 12.8 Å². The molecule has 0 bridgehead atoms. The van der Waals surface area contributed by atoms with Gasteiger partial charge in [-0.15, -0.1) is 0 Å². The Morgan fingerprint density at radius 2 is 1.87 bits per heavy atom. The summed E-state index contributed by atoms with van der Waals surface area (Å²) in [5.74, 6) is -0.129. The van der Waals surface area contributed by atoms with Crippen LogP contribution in [0.3, 0.4) is 0 Å². The molecule has 5 nitrogen and oxygen atoms in total. The number of rotatable bonds is 6. The number of aryl methyl sites for hydroxylation is 1. The van der Waals surface area contributed by atoms with Gasteiger partial charge in [0.15, 0.2) is 0 Å². The first-order valence-electron chi connectivity index (χ1n) is 10.9. The first kappa shape index (κ1) is 21.9. The van der Waals surface area contributed by atoms with Gasteiger partial charge in [-0.25, -0.2) is 4.79 Å². The minimum Gasteiger partial charge on any atom is -0.353 e. The molecule has 2 aromatic carbocycles. The van der Waals surface area contributed by atoms with E-state index in [9.17, 15) is 9.59 Å². The minimum atomic E-state index is -0.178. The van der Waals surface area contributed by atoms with E-state index in [4.69, 9.17) is 0 Å². The molecule has 0 radical (unpaired) electrons. The van der Waals surface area contributed by atoms with Gasteiger partial charge in [0.1, 0.15) is 0 Å². The Kier molecular flexibility index (Phi) is 7.50. The molecule has 0 spiro atoms. The van der Waals surface area contributed by atoms with Gasteiger partial charge in [0.05, 0.1) is 12.0 Å². The monoisotopic (exact) mass is 407 g/mol. The van der Waals surface area contributed by atoms with Crippen molar-refractivity contribution in [1.82, 2.24) is 15.5 Å². The van der Waals surface area contributed by atoms with Crippen LogP contribution < -0.4 is 10.6 Å². The number of carbonyl (C=O) groups is 2. The summed E-state index contributed by atoms with van der Waals surface area (Å²) < 4.78 is 0. The van der Waals surface area contributed by atoms with Crippen molar-refractivity contribution >= 4 is 11.9 Å². The molecular formula is C25H33N3O2. The molecule has 1 aliphatic rings. The number of amides is 3. The van der Waals surface area contributed by atoms with Crippen LogP contribution in [0.1, 0.15) is 55.8 Å². The lowest BCUT2D eigenvalue weighted by Crippen LogP contribution is -2.51. The largest absolute Gasteiger partial charge is 0.353 e. The van der Waals surface area contributed by atoms with Crippen molar-refractivity contribution in [3.63, 3.8) is 0 Å². The Balaban J connectivity index is 1.75. The Morgan fingerprint density at radius 3 is 2.57 bits per heavy atom. The lowest BCUT2D eigenvalue weighted by Gasteiger charge is -2.39. The molecule has 3 amide bonds. The molecule has 30 heavy (non-hydrogen) atoms. The van der Waals surface area contributed by atoms with Crippen molar-refractivity contribution in [3.05, 3.63) is 71.3 Å². The van der Waals surface area contributed by atoms with Crippen LogP contribution in [-0.2, 0) is 11.3 Å². The van der Waals surface area contributed by atoms with Gasteiger partial charge in [-0.3, -0.25) is 4.79 Å². The molecule has 1 saturated heterocycles. The number of hydrogen-bond donors (Lipinski definition) is 2. The minimum absolute atomic E-state index is 0.0201. The zero-order valence-corrected chi connectivity index (χ0v) is 18.2. The van der Waals surface area contributed by atoms with Crippen LogP contribution in [0.5, 0.6) is 0 Å². The Labute approximate surface area is 179 Å². The molecule has 1 fully saturated rings. The highest BCUT2D eigenvalue weighted by Gasteiger charge is 2.35. The molecule has 1 heterocycles. The molecule has 2 aromatic rings. The predicted molar refractivity (Wildman–Crippen MR) is 120 cm³/mol. The Bertz CT molecular complexity index is 852. The van der Waals surface area contributed by atoms with Crippen LogP contribution in [0.2, 0.25) is 0 Å². The fraction of sp³-hybridized carbons (Fsp3) is 0.440. The van der Waals surface area contributed by atoms with Crippen LogP contribution in [0.25, 0.3) is 0 Å². The van der Waals surface area contributed by atoms with Gasteiger partial charge in [-0.05, 0) is 44.2 Å². The molecule has 1 aliphatic heterocycles. The molecule has 3 atom stereocenters. The van der Waals surface area contributed by atoms with Gasteiger partial charge < -0.3 is 15.5 Å². The summed E-state index contributed by atoms with van der Waals surface area (Å²) >= 11 is 0. The van der Waals surface area contributed by atoms with Crippen LogP contribution in [0.4, 0.5) is 4.79 Å². The van der Waals surface area contributed by atoms with Gasteiger partial charge in [0, 0.05) is 19.1 Å². The predicted octanol–water partition coefficient (Wildman–Crippen LogP) is 4.57. The summed E-state index contributed by atoms with van der Waals surface area (Å²) in [5, 5.41) is 6.13. The van der Waals surface area contributed by atoms with Gasteiger partial charge in [0.2, 0.25) is 5.91 Å². The molecule has 160 valence electrons. The summed E-state index contributed by atoms with van der Waals surface area (Å²) in [5.41, 5.74) is 3.36. The zero-order chi connectivity index (χ0) is 21.5. The summed E-state index contributed by atoms with van der Waals surface area (Å²) in [6, 6.07) is 18.2. The topological polar surface area (TPSA) is 61.4 Å². The number of benzene rings is 2. The van der Waals surface area contributed by atoms with Crippen molar-refractivity contribution in [2.75, 3.05) is 6.54 Å². The first-order valence-corrected chi connectivity index (χ1v) is 10.9. The number of nitrogens with zero attached hydrogens (tertiary/aromatic N) is 1. The second-order valence-corrected chi connectivity index (χ2v) is 8.32. The Morgan fingerprint density at radius 1 is 1.10 bits per heavy atom. The summed E-state index contributed by atoms with van der Waals surface area (Å²) in [4.78, 5) is 27.8. The maximum absolute atomic E-state index is 13.2. The fourth-order valence-corrected chi connectivity index (χ4v) is 3.97. The van der Waals surface area contributed by atoms with E-state index >= 15 is 0 Å². The zero-order valence-electron chi connectivity index (χ0n) is 18.2. The third kappa shape index (κ3) is 5.62. The number of piperidine rings is 1. The second kappa shape index (κ2) is 10.3. The average molecular weight is 408 g/mol. The lowest BCUT2D eigenvalue weighted by atomic mass is 9.88. The molecular weight excluding hydrogens is 374 g/mol. The van der Waals surface area contributed by atoms with E-state index in [1.165, 1.54) is 5.56 Å². The van der Waals surface area contributed by atoms with E-state index in [0.717, 1.165) is 30.4 Å². The number of nitrogens with one attached hydrogen (secondary N) is 2. The van der Waals surface area contributed by atoms with Crippen molar-refractivity contribution in [1.29, 1.82) is 0 Å². The summed E-state index contributed by atoms with van der Waals surface area (Å²) in [6.45, 7) is 7.04. The Hall–Kier alpha value is -2.82. The van der Waals surface area contributed by atoms with Crippen molar-refractivity contribution in [2.45, 2.75) is 58.7 Å². The summed E-state index contributed by atoms with van der Waals surface area (Å²) in [7, 11) is 0. The highest BCUT2D eigenvalue weighted by atomic mass is 16.2. The van der Waals surface area contributed by atoms with Gasteiger partial charge in [-0.2, -0.15) is 0 Å². The van der Waals surface area contributed by atoms with Crippen molar-refractivity contribution in [2.24, 2.45) is 5.92 Å². The molecule has 0 saturated carbocycles. The van der Waals surface area contributed by atoms with Crippen molar-refractivity contribution < 1.29 is 9.59 Å². The van der Waals surface area contributed by atoms with Crippen LogP contribution >= 0.6 is 0 Å². The number of carbonyl (C=O) groups excluding carboxylic acids is 2. The molecule has 3 rings (SSSR count). The van der Waals surface area contributed by atoms with E-state index in [1.807, 2.05) is 48.2 Å². The van der Waals surface area contributed by atoms with E-state index in [0.29, 0.717) is 13.1 Å². The fourth-order valence-electron chi connectivity index (χ4n) is 3.97. The van der Waals surface area contributed by atoms with Gasteiger partial charge >= 0.3 is 6.03 Å². The van der Waals surface area contributed by atoms with Gasteiger partial charge in [0.25, 0.3) is 0 Å². The number of urea groups is 1. The quantitative estimate of drug-likeness (QED) is 0.737. The third-order valence-corrected chi connectivity index (χ3v) is 5.93. The van der Waals surface area contributed by atoms with E-state index in [2.05, 4.69) is 42.7 Å². The molecule has 3 unspecified atom stereocenters. The van der Waals surface area contributed by atoms with E-state index in [1.54, 1.807) is 0 Å². The van der Waals surface area contributed by atoms with Gasteiger partial charge in [-0.1, -0.05) is 67.1 Å². The molecule has 0 aliphatic carbocycles. The molecule has 0 aromatic heterocycles. The standard InChI is InChI=1S/C25H33N3O2/c1-4-19(3)27-24(29)22-13-14-23(21-12-8-9-18(2)15-21)28(17-22)25(30)26-16-20-10-6-5-7-11-20/h5-12,15,19,22-23H,4,13-14,16-17H2,1-3H3,(H,26,30)(H,27,29). The normalized spacial score (nSPS) is 19.8. The number of likely N-dealkylation sites (tertiary alicyclic amines) is 1. The SMILES string of the molecule is CCC(C)NC(=O)C1CCC(c2cccc(C)c2)N(C(=O)NCc2ccccc2)C1. The van der Waals surface area contributed by atoms with E-state index < -0.39 is 0 Å². The third-order valence-electron chi connectivity index (χ3n) is 5.93. The smallest absolute Gasteiger partial charge is 0.318 e. The van der Waals surface area contributed by atoms with E-state index in [-0.39, 0.29) is 29.9 Å². The molecule has 5 heteroatoms. The molecule has 2 N–H and O–H groups in total. The van der Waals surface area contributed by atoms with Crippen molar-refractivity contribution in [3.8, 4) is 0 Å². The maximum Gasteiger partial charge on any atom is 0.318 e. The lowest BCUT2D eigenvalue weighted by molar-refractivity contribution is -0.127. The van der Waals surface area contributed by atoms with Crippen LogP contribution in [-0.4, -0.2) is 29.4 Å².